The zero-order valence-corrected chi connectivity index (χ0v) is 13.5. The Balaban J connectivity index is 1.64. The third-order valence-corrected chi connectivity index (χ3v) is 4.49. The van der Waals surface area contributed by atoms with Crippen LogP contribution in [0, 0.1) is 10.1 Å². The molecule has 3 aromatic carbocycles. The van der Waals surface area contributed by atoms with Crippen molar-refractivity contribution in [1.29, 1.82) is 0 Å². The number of anilines is 1. The molecule has 0 aliphatic rings. The molecule has 1 amide bonds. The molecule has 0 saturated carbocycles. The zero-order valence-electron chi connectivity index (χ0n) is 12.6. The maximum Gasteiger partial charge on any atom is 0.269 e. The van der Waals surface area contributed by atoms with Crippen molar-refractivity contribution in [2.24, 2.45) is 0 Å². The van der Waals surface area contributed by atoms with E-state index in [9.17, 15) is 14.9 Å². The summed E-state index contributed by atoms with van der Waals surface area (Å²) in [5, 5.41) is 15.6. The maximum absolute atomic E-state index is 12.2. The molecule has 0 aromatic heterocycles. The number of nitrogens with zero attached hydrogens (tertiary/aromatic N) is 1. The van der Waals surface area contributed by atoms with E-state index < -0.39 is 4.92 Å². The first-order chi connectivity index (χ1) is 11.6. The van der Waals surface area contributed by atoms with Gasteiger partial charge in [0.2, 0.25) is 5.91 Å². The fourth-order valence-corrected chi connectivity index (χ4v) is 3.03. The Morgan fingerprint density at radius 3 is 2.46 bits per heavy atom. The molecule has 3 aromatic rings. The van der Waals surface area contributed by atoms with E-state index in [1.54, 1.807) is 12.1 Å². The third-order valence-electron chi connectivity index (χ3n) is 3.48. The zero-order chi connectivity index (χ0) is 16.9. The van der Waals surface area contributed by atoms with E-state index in [-0.39, 0.29) is 17.3 Å². The maximum atomic E-state index is 12.2. The molecule has 0 fully saturated rings. The molecular weight excluding hydrogens is 324 g/mol. The number of benzene rings is 3. The largest absolute Gasteiger partial charge is 0.325 e. The van der Waals surface area contributed by atoms with Crippen LogP contribution in [-0.2, 0) is 4.79 Å². The van der Waals surface area contributed by atoms with Crippen LogP contribution in [0.25, 0.3) is 10.8 Å². The van der Waals surface area contributed by atoms with Crippen LogP contribution in [0.1, 0.15) is 0 Å². The molecule has 3 rings (SSSR count). The highest BCUT2D eigenvalue weighted by Gasteiger charge is 2.08. The van der Waals surface area contributed by atoms with E-state index >= 15 is 0 Å². The summed E-state index contributed by atoms with van der Waals surface area (Å²) in [6.45, 7) is 0. The molecule has 1 N–H and O–H groups in total. The number of carbonyl (C=O) groups is 1. The van der Waals surface area contributed by atoms with Crippen LogP contribution >= 0.6 is 11.8 Å². The van der Waals surface area contributed by atoms with Crippen LogP contribution in [-0.4, -0.2) is 16.6 Å². The van der Waals surface area contributed by atoms with Crippen molar-refractivity contribution in [1.82, 2.24) is 0 Å². The van der Waals surface area contributed by atoms with Gasteiger partial charge < -0.3 is 5.32 Å². The number of fused-ring (bicyclic) bond motifs is 1. The van der Waals surface area contributed by atoms with Gasteiger partial charge in [-0.15, -0.1) is 11.8 Å². The molecule has 5 nitrogen and oxygen atoms in total. The normalized spacial score (nSPS) is 10.5. The Morgan fingerprint density at radius 2 is 1.71 bits per heavy atom. The van der Waals surface area contributed by atoms with Crippen molar-refractivity contribution in [3.05, 3.63) is 76.8 Å². The predicted molar refractivity (Wildman–Crippen MR) is 96.4 cm³/mol. The molecule has 0 atom stereocenters. The SMILES string of the molecule is O=C(CSc1ccc([N+](=O)[O-])cc1)Nc1cccc2ccccc12. The molecule has 0 aliphatic carbocycles. The smallest absolute Gasteiger partial charge is 0.269 e. The van der Waals surface area contributed by atoms with Gasteiger partial charge in [-0.3, -0.25) is 14.9 Å². The topological polar surface area (TPSA) is 72.2 Å². The predicted octanol–water partition coefficient (Wildman–Crippen LogP) is 4.48. The van der Waals surface area contributed by atoms with Crippen LogP contribution in [0.15, 0.2) is 71.6 Å². The molecular formula is C18H14N2O3S. The quantitative estimate of drug-likeness (QED) is 0.423. The lowest BCUT2D eigenvalue weighted by Crippen LogP contribution is -2.14. The van der Waals surface area contributed by atoms with Gasteiger partial charge in [0.15, 0.2) is 0 Å². The van der Waals surface area contributed by atoms with Crippen LogP contribution in [0.4, 0.5) is 11.4 Å². The van der Waals surface area contributed by atoms with E-state index in [2.05, 4.69) is 5.32 Å². The van der Waals surface area contributed by atoms with Gasteiger partial charge in [0, 0.05) is 28.1 Å². The Morgan fingerprint density at radius 1 is 1.00 bits per heavy atom. The average molecular weight is 338 g/mol. The molecule has 120 valence electrons. The van der Waals surface area contributed by atoms with Crippen LogP contribution < -0.4 is 5.32 Å². The summed E-state index contributed by atoms with van der Waals surface area (Å²) in [6, 6.07) is 19.8. The Kier molecular flexibility index (Phi) is 4.77. The van der Waals surface area contributed by atoms with Crippen molar-refractivity contribution in [2.45, 2.75) is 4.90 Å². The van der Waals surface area contributed by atoms with Crippen molar-refractivity contribution in [2.75, 3.05) is 11.1 Å². The standard InChI is InChI=1S/C18H14N2O3S/c21-18(12-24-15-10-8-14(9-11-15)20(22)23)19-17-7-3-5-13-4-1-2-6-16(13)17/h1-11H,12H2,(H,19,21). The molecule has 0 aliphatic heterocycles. The molecule has 0 saturated heterocycles. The van der Waals surface area contributed by atoms with Crippen LogP contribution in [0.5, 0.6) is 0 Å². The summed E-state index contributed by atoms with van der Waals surface area (Å²) in [7, 11) is 0. The first-order valence-electron chi connectivity index (χ1n) is 7.28. The molecule has 0 radical (unpaired) electrons. The number of nitro benzene ring substituents is 1. The van der Waals surface area contributed by atoms with Gasteiger partial charge in [0.25, 0.3) is 5.69 Å². The lowest BCUT2D eigenvalue weighted by molar-refractivity contribution is -0.384. The number of nitro groups is 1. The number of carbonyl (C=O) groups excluding carboxylic acids is 1. The first-order valence-corrected chi connectivity index (χ1v) is 8.27. The van der Waals surface area contributed by atoms with Gasteiger partial charge >= 0.3 is 0 Å². The van der Waals surface area contributed by atoms with E-state index in [0.29, 0.717) is 0 Å². The minimum Gasteiger partial charge on any atom is -0.325 e. The Hall–Kier alpha value is -2.86. The summed E-state index contributed by atoms with van der Waals surface area (Å²) >= 11 is 1.34. The van der Waals surface area contributed by atoms with E-state index in [1.165, 1.54) is 23.9 Å². The van der Waals surface area contributed by atoms with E-state index in [0.717, 1.165) is 21.4 Å². The Bertz CT molecular complexity index is 889. The minimum absolute atomic E-state index is 0.0413. The molecule has 24 heavy (non-hydrogen) atoms. The van der Waals surface area contributed by atoms with Gasteiger partial charge in [-0.1, -0.05) is 36.4 Å². The number of nitrogens with one attached hydrogen (secondary N) is 1. The van der Waals surface area contributed by atoms with Gasteiger partial charge in [-0.05, 0) is 23.6 Å². The summed E-state index contributed by atoms with van der Waals surface area (Å²) < 4.78 is 0. The number of thioether (sulfide) groups is 1. The van der Waals surface area contributed by atoms with Gasteiger partial charge in [-0.2, -0.15) is 0 Å². The summed E-state index contributed by atoms with van der Waals surface area (Å²) in [5.74, 6) is 0.121. The molecule has 0 unspecified atom stereocenters. The fourth-order valence-electron chi connectivity index (χ4n) is 2.33. The highest BCUT2D eigenvalue weighted by molar-refractivity contribution is 8.00. The van der Waals surface area contributed by atoms with Crippen LogP contribution in [0.2, 0.25) is 0 Å². The second kappa shape index (κ2) is 7.14. The van der Waals surface area contributed by atoms with Crippen molar-refractivity contribution < 1.29 is 9.72 Å². The average Bonchev–Trinajstić information content (AvgIpc) is 2.61. The number of rotatable bonds is 5. The monoisotopic (exact) mass is 338 g/mol. The highest BCUT2D eigenvalue weighted by Crippen LogP contribution is 2.24. The lowest BCUT2D eigenvalue weighted by Gasteiger charge is -2.08. The number of non-ortho nitro benzene ring substituents is 1. The summed E-state index contributed by atoms with van der Waals surface area (Å²) in [6.07, 6.45) is 0. The Labute approximate surface area is 142 Å². The number of hydrogen-bond acceptors (Lipinski definition) is 4. The van der Waals surface area contributed by atoms with E-state index in [1.807, 2.05) is 42.5 Å². The molecule has 0 heterocycles. The van der Waals surface area contributed by atoms with Crippen LogP contribution in [0.3, 0.4) is 0 Å². The van der Waals surface area contributed by atoms with Gasteiger partial charge in [0.05, 0.1) is 10.7 Å². The number of hydrogen-bond donors (Lipinski definition) is 1. The first kappa shape index (κ1) is 16.0. The third kappa shape index (κ3) is 3.72. The van der Waals surface area contributed by atoms with Crippen molar-refractivity contribution in [3.63, 3.8) is 0 Å². The second-order valence-corrected chi connectivity index (χ2v) is 6.16. The lowest BCUT2D eigenvalue weighted by atomic mass is 10.1. The van der Waals surface area contributed by atoms with Gasteiger partial charge in [-0.25, -0.2) is 0 Å². The molecule has 0 spiro atoms. The highest BCUT2D eigenvalue weighted by atomic mass is 32.2. The fraction of sp³-hybridized carbons (Fsp3) is 0.0556. The molecule has 0 bridgehead atoms. The minimum atomic E-state index is -0.443. The summed E-state index contributed by atoms with van der Waals surface area (Å²) in [4.78, 5) is 23.2. The van der Waals surface area contributed by atoms with Crippen molar-refractivity contribution in [3.8, 4) is 0 Å². The number of amides is 1. The van der Waals surface area contributed by atoms with Gasteiger partial charge in [0.1, 0.15) is 0 Å². The molecule has 6 heteroatoms. The second-order valence-electron chi connectivity index (χ2n) is 5.11. The van der Waals surface area contributed by atoms with E-state index in [4.69, 9.17) is 0 Å². The van der Waals surface area contributed by atoms with Crippen molar-refractivity contribution >= 4 is 39.8 Å². The summed E-state index contributed by atoms with van der Waals surface area (Å²) in [5.41, 5.74) is 0.821.